The molecule has 0 heterocycles. The highest BCUT2D eigenvalue weighted by Gasteiger charge is 1.99. The van der Waals surface area contributed by atoms with Gasteiger partial charge in [-0.1, -0.05) is 20.8 Å². The third-order valence-electron chi connectivity index (χ3n) is 2.10. The molecule has 0 aromatic carbocycles. The van der Waals surface area contributed by atoms with Crippen LogP contribution in [-0.4, -0.2) is 5.71 Å². The minimum atomic E-state index is 0.480. The molecule has 70 valence electrons. The molecule has 0 atom stereocenters. The molecule has 0 saturated heterocycles. The molecule has 0 aromatic heterocycles. The predicted molar refractivity (Wildman–Crippen MR) is 55.1 cm³/mol. The van der Waals surface area contributed by atoms with E-state index in [-0.39, 0.29) is 0 Å². The summed E-state index contributed by atoms with van der Waals surface area (Å²) in [5.74, 6) is 1.16. The van der Waals surface area contributed by atoms with Gasteiger partial charge in [0.15, 0.2) is 0 Å². The molecular formula is C10H20N2. The molecule has 0 unspecified atom stereocenters. The summed E-state index contributed by atoms with van der Waals surface area (Å²) in [5, 5.41) is 0. The standard InChI is InChI=1S/C10H20N2/c1-6-8(4)10(11)12-9(5)7(2)3/h7H,6,11H2,1-5H3/b10-8+,12-9?. The van der Waals surface area contributed by atoms with Crippen LogP contribution in [0.2, 0.25) is 0 Å². The number of allylic oxidation sites excluding steroid dienone is 1. The largest absolute Gasteiger partial charge is 0.384 e. The van der Waals surface area contributed by atoms with Crippen molar-refractivity contribution in [2.75, 3.05) is 0 Å². The molecule has 0 rings (SSSR count). The van der Waals surface area contributed by atoms with Crippen LogP contribution in [-0.2, 0) is 0 Å². The molecular weight excluding hydrogens is 148 g/mol. The predicted octanol–water partition coefficient (Wildman–Crippen LogP) is 2.70. The Balaban J connectivity index is 4.53. The Morgan fingerprint density at radius 2 is 1.83 bits per heavy atom. The van der Waals surface area contributed by atoms with Crippen molar-refractivity contribution in [3.63, 3.8) is 0 Å². The van der Waals surface area contributed by atoms with Crippen molar-refractivity contribution < 1.29 is 0 Å². The van der Waals surface area contributed by atoms with Crippen LogP contribution in [0.15, 0.2) is 16.4 Å². The van der Waals surface area contributed by atoms with E-state index < -0.39 is 0 Å². The fourth-order valence-corrected chi connectivity index (χ4v) is 0.596. The van der Waals surface area contributed by atoms with E-state index in [1.807, 2.05) is 13.8 Å². The van der Waals surface area contributed by atoms with Gasteiger partial charge in [0.2, 0.25) is 0 Å². The Hall–Kier alpha value is -0.790. The molecule has 0 aromatic rings. The highest BCUT2D eigenvalue weighted by atomic mass is 14.9. The third-order valence-corrected chi connectivity index (χ3v) is 2.10. The van der Waals surface area contributed by atoms with E-state index >= 15 is 0 Å². The third kappa shape index (κ3) is 3.56. The number of nitrogens with zero attached hydrogens (tertiary/aromatic N) is 1. The van der Waals surface area contributed by atoms with Crippen molar-refractivity contribution in [2.24, 2.45) is 16.6 Å². The Bertz CT molecular complexity index is 200. The van der Waals surface area contributed by atoms with Gasteiger partial charge >= 0.3 is 0 Å². The molecule has 0 amide bonds. The zero-order valence-corrected chi connectivity index (χ0v) is 8.81. The van der Waals surface area contributed by atoms with E-state index in [0.717, 1.165) is 17.7 Å². The van der Waals surface area contributed by atoms with Crippen molar-refractivity contribution in [3.05, 3.63) is 11.4 Å². The SMILES string of the molecule is CC/C(C)=C(\N)N=C(C)C(C)C. The first kappa shape index (κ1) is 11.2. The van der Waals surface area contributed by atoms with Crippen molar-refractivity contribution in [1.82, 2.24) is 0 Å². The lowest BCUT2D eigenvalue weighted by Crippen LogP contribution is -2.06. The lowest BCUT2D eigenvalue weighted by molar-refractivity contribution is 0.870. The van der Waals surface area contributed by atoms with Crippen LogP contribution in [0, 0.1) is 5.92 Å². The highest BCUT2D eigenvalue weighted by Crippen LogP contribution is 2.06. The lowest BCUT2D eigenvalue weighted by Gasteiger charge is -2.05. The number of hydrogen-bond acceptors (Lipinski definition) is 2. The summed E-state index contributed by atoms with van der Waals surface area (Å²) in [6, 6.07) is 0. The monoisotopic (exact) mass is 168 g/mol. The summed E-state index contributed by atoms with van der Waals surface area (Å²) in [4.78, 5) is 4.32. The molecule has 0 spiro atoms. The number of aliphatic imine (C=N–C) groups is 1. The van der Waals surface area contributed by atoms with Gasteiger partial charge in [-0.25, -0.2) is 4.99 Å². The van der Waals surface area contributed by atoms with Gasteiger partial charge in [0.05, 0.1) is 0 Å². The smallest absolute Gasteiger partial charge is 0.122 e. The maximum atomic E-state index is 5.76. The van der Waals surface area contributed by atoms with Gasteiger partial charge in [0, 0.05) is 5.71 Å². The fourth-order valence-electron chi connectivity index (χ4n) is 0.596. The topological polar surface area (TPSA) is 38.4 Å². The van der Waals surface area contributed by atoms with E-state index in [2.05, 4.69) is 25.8 Å². The maximum absolute atomic E-state index is 5.76. The van der Waals surface area contributed by atoms with Gasteiger partial charge in [0.1, 0.15) is 5.82 Å². The maximum Gasteiger partial charge on any atom is 0.122 e. The molecule has 0 aliphatic rings. The molecule has 0 saturated carbocycles. The fraction of sp³-hybridized carbons (Fsp3) is 0.700. The second-order valence-electron chi connectivity index (χ2n) is 3.43. The Morgan fingerprint density at radius 1 is 1.33 bits per heavy atom. The highest BCUT2D eigenvalue weighted by molar-refractivity contribution is 5.84. The molecule has 0 aliphatic heterocycles. The van der Waals surface area contributed by atoms with Crippen molar-refractivity contribution in [3.8, 4) is 0 Å². The van der Waals surface area contributed by atoms with Gasteiger partial charge < -0.3 is 5.73 Å². The summed E-state index contributed by atoms with van der Waals surface area (Å²) in [5.41, 5.74) is 8.02. The van der Waals surface area contributed by atoms with Gasteiger partial charge in [-0.3, -0.25) is 0 Å². The minimum Gasteiger partial charge on any atom is -0.384 e. The van der Waals surface area contributed by atoms with Gasteiger partial charge in [-0.15, -0.1) is 0 Å². The van der Waals surface area contributed by atoms with Crippen molar-refractivity contribution >= 4 is 5.71 Å². The second-order valence-corrected chi connectivity index (χ2v) is 3.43. The molecule has 0 fully saturated rings. The molecule has 12 heavy (non-hydrogen) atoms. The van der Waals surface area contributed by atoms with Crippen LogP contribution in [0.4, 0.5) is 0 Å². The molecule has 2 heteroatoms. The Labute approximate surface area is 75.6 Å². The Kier molecular flexibility index (Phi) is 4.64. The molecule has 2 N–H and O–H groups in total. The van der Waals surface area contributed by atoms with Crippen LogP contribution in [0.3, 0.4) is 0 Å². The average Bonchev–Trinajstić information content (AvgIpc) is 2.02. The van der Waals surface area contributed by atoms with Crippen LogP contribution >= 0.6 is 0 Å². The van der Waals surface area contributed by atoms with Crippen molar-refractivity contribution in [2.45, 2.75) is 41.0 Å². The van der Waals surface area contributed by atoms with E-state index in [4.69, 9.17) is 5.73 Å². The first-order valence-electron chi connectivity index (χ1n) is 4.49. The summed E-state index contributed by atoms with van der Waals surface area (Å²) < 4.78 is 0. The average molecular weight is 168 g/mol. The van der Waals surface area contributed by atoms with Crippen LogP contribution in [0.1, 0.15) is 41.0 Å². The van der Waals surface area contributed by atoms with E-state index in [1.54, 1.807) is 0 Å². The summed E-state index contributed by atoms with van der Waals surface area (Å²) in [6.07, 6.45) is 0.973. The second kappa shape index (κ2) is 4.96. The minimum absolute atomic E-state index is 0.480. The zero-order chi connectivity index (χ0) is 9.72. The number of hydrogen-bond donors (Lipinski definition) is 1. The quantitative estimate of drug-likeness (QED) is 0.646. The molecule has 0 bridgehead atoms. The normalized spacial score (nSPS) is 15.0. The van der Waals surface area contributed by atoms with Crippen LogP contribution < -0.4 is 5.73 Å². The van der Waals surface area contributed by atoms with E-state index in [1.165, 1.54) is 0 Å². The van der Waals surface area contributed by atoms with E-state index in [0.29, 0.717) is 11.7 Å². The first-order chi connectivity index (χ1) is 5.49. The summed E-state index contributed by atoms with van der Waals surface area (Å²) >= 11 is 0. The summed E-state index contributed by atoms with van der Waals surface area (Å²) in [6.45, 7) is 10.4. The lowest BCUT2D eigenvalue weighted by atomic mass is 10.1. The van der Waals surface area contributed by atoms with Gasteiger partial charge in [-0.2, -0.15) is 0 Å². The number of nitrogens with two attached hydrogens (primary N) is 1. The molecule has 2 nitrogen and oxygen atoms in total. The van der Waals surface area contributed by atoms with E-state index in [9.17, 15) is 0 Å². The number of rotatable bonds is 3. The van der Waals surface area contributed by atoms with Gasteiger partial charge in [0.25, 0.3) is 0 Å². The van der Waals surface area contributed by atoms with Crippen molar-refractivity contribution in [1.29, 1.82) is 0 Å². The first-order valence-corrected chi connectivity index (χ1v) is 4.49. The van der Waals surface area contributed by atoms with Crippen LogP contribution in [0.25, 0.3) is 0 Å². The Morgan fingerprint density at radius 3 is 2.17 bits per heavy atom. The molecule has 0 aliphatic carbocycles. The zero-order valence-electron chi connectivity index (χ0n) is 8.81. The van der Waals surface area contributed by atoms with Crippen LogP contribution in [0.5, 0.6) is 0 Å². The van der Waals surface area contributed by atoms with Gasteiger partial charge in [-0.05, 0) is 31.8 Å². The molecule has 0 radical (unpaired) electrons. The summed E-state index contributed by atoms with van der Waals surface area (Å²) in [7, 11) is 0.